The third-order valence-electron chi connectivity index (χ3n) is 4.03. The van der Waals surface area contributed by atoms with Crippen molar-refractivity contribution in [1.82, 2.24) is 9.55 Å². The molecule has 2 aliphatic rings. The van der Waals surface area contributed by atoms with Gasteiger partial charge < -0.3 is 25.0 Å². The second-order valence-corrected chi connectivity index (χ2v) is 5.55. The molecule has 2 aliphatic heterocycles. The van der Waals surface area contributed by atoms with E-state index < -0.39 is 36.9 Å². The molecule has 2 aromatic rings. The summed E-state index contributed by atoms with van der Waals surface area (Å²) in [5, 5.41) is 21.8. The fourth-order valence-corrected chi connectivity index (χ4v) is 2.78. The predicted octanol–water partition coefficient (Wildman–Crippen LogP) is 2.34. The summed E-state index contributed by atoms with van der Waals surface area (Å²) >= 11 is 0. The summed E-state index contributed by atoms with van der Waals surface area (Å²) in [6, 6.07) is 7.09. The van der Waals surface area contributed by atoms with Crippen LogP contribution in [0.25, 0.3) is 0 Å². The average Bonchev–Trinajstić information content (AvgIpc) is 2.95. The SMILES string of the molecule is C.CC.O=c1nc2c(cn1C1OC(CO)C(O)C1F)Oc1ccccc1N2. The molecule has 148 valence electrons. The highest BCUT2D eigenvalue weighted by atomic mass is 19.1. The Morgan fingerprint density at radius 1 is 1.30 bits per heavy atom. The maximum Gasteiger partial charge on any atom is 0.352 e. The normalized spacial score (nSPS) is 24.9. The molecular weight excluding hydrogens is 357 g/mol. The van der Waals surface area contributed by atoms with Crippen molar-refractivity contribution < 1.29 is 24.1 Å². The molecule has 1 fully saturated rings. The molecule has 0 spiro atoms. The van der Waals surface area contributed by atoms with Gasteiger partial charge in [0.05, 0.1) is 18.5 Å². The number of alkyl halides is 1. The van der Waals surface area contributed by atoms with Crippen molar-refractivity contribution in [3.05, 3.63) is 40.9 Å². The van der Waals surface area contributed by atoms with E-state index in [2.05, 4.69) is 10.3 Å². The minimum Gasteiger partial charge on any atom is -0.450 e. The van der Waals surface area contributed by atoms with E-state index in [-0.39, 0.29) is 19.0 Å². The van der Waals surface area contributed by atoms with Crippen molar-refractivity contribution in [2.45, 2.75) is 45.9 Å². The lowest BCUT2D eigenvalue weighted by Gasteiger charge is -2.23. The number of nitrogens with one attached hydrogen (secondary N) is 1. The summed E-state index contributed by atoms with van der Waals surface area (Å²) in [6.07, 6.45) is -4.61. The van der Waals surface area contributed by atoms with Crippen molar-refractivity contribution >= 4 is 11.5 Å². The largest absolute Gasteiger partial charge is 0.450 e. The number of hydrogen-bond donors (Lipinski definition) is 3. The number of aliphatic hydroxyl groups excluding tert-OH is 2. The molecule has 27 heavy (non-hydrogen) atoms. The number of benzene rings is 1. The Hall–Kier alpha value is -2.49. The van der Waals surface area contributed by atoms with E-state index in [0.717, 1.165) is 4.57 Å². The molecule has 4 unspecified atom stereocenters. The maximum atomic E-state index is 14.2. The lowest BCUT2D eigenvalue weighted by Crippen LogP contribution is -2.34. The molecule has 1 saturated heterocycles. The summed E-state index contributed by atoms with van der Waals surface area (Å²) in [7, 11) is 0. The molecule has 3 heterocycles. The fourth-order valence-electron chi connectivity index (χ4n) is 2.78. The molecule has 0 aliphatic carbocycles. The topological polar surface area (TPSA) is 106 Å². The molecule has 9 heteroatoms. The summed E-state index contributed by atoms with van der Waals surface area (Å²) in [6.45, 7) is 3.44. The third kappa shape index (κ3) is 3.66. The first-order valence-corrected chi connectivity index (χ1v) is 8.34. The van der Waals surface area contributed by atoms with E-state index in [9.17, 15) is 14.3 Å². The minimum atomic E-state index is -1.87. The molecule has 4 rings (SSSR count). The Kier molecular flexibility index (Phi) is 6.53. The van der Waals surface area contributed by atoms with E-state index >= 15 is 0 Å². The van der Waals surface area contributed by atoms with Crippen LogP contribution in [0.5, 0.6) is 11.5 Å². The van der Waals surface area contributed by atoms with E-state index in [1.54, 1.807) is 24.3 Å². The van der Waals surface area contributed by atoms with Crippen molar-refractivity contribution in [1.29, 1.82) is 0 Å². The summed E-state index contributed by atoms with van der Waals surface area (Å²) in [5.41, 5.74) is -0.103. The zero-order valence-corrected chi connectivity index (χ0v) is 14.3. The fraction of sp³-hybridized carbons (Fsp3) is 0.444. The van der Waals surface area contributed by atoms with Gasteiger partial charge in [-0.1, -0.05) is 33.4 Å². The first-order chi connectivity index (χ1) is 12.6. The van der Waals surface area contributed by atoms with Gasteiger partial charge in [0.25, 0.3) is 0 Å². The number of para-hydroxylation sites is 2. The Balaban J connectivity index is 0.000000844. The number of aliphatic hydroxyl groups is 2. The van der Waals surface area contributed by atoms with Gasteiger partial charge in [-0.15, -0.1) is 0 Å². The quantitative estimate of drug-likeness (QED) is 0.626. The number of nitrogens with zero attached hydrogens (tertiary/aromatic N) is 2. The lowest BCUT2D eigenvalue weighted by molar-refractivity contribution is -0.0492. The Morgan fingerprint density at radius 2 is 2.00 bits per heavy atom. The summed E-state index contributed by atoms with van der Waals surface area (Å²) in [5.74, 6) is 0.975. The van der Waals surface area contributed by atoms with E-state index in [4.69, 9.17) is 14.6 Å². The lowest BCUT2D eigenvalue weighted by atomic mass is 10.1. The second-order valence-electron chi connectivity index (χ2n) is 5.55. The number of halogens is 1. The monoisotopic (exact) mass is 381 g/mol. The van der Waals surface area contributed by atoms with Crippen LogP contribution < -0.4 is 15.7 Å². The molecule has 0 radical (unpaired) electrons. The minimum absolute atomic E-state index is 0. The van der Waals surface area contributed by atoms with Gasteiger partial charge >= 0.3 is 5.69 Å². The first kappa shape index (κ1) is 20.8. The first-order valence-electron chi connectivity index (χ1n) is 8.34. The molecule has 0 saturated carbocycles. The van der Waals surface area contributed by atoms with E-state index in [0.29, 0.717) is 11.4 Å². The van der Waals surface area contributed by atoms with Crippen molar-refractivity contribution in [2.75, 3.05) is 11.9 Å². The molecule has 1 aromatic carbocycles. The third-order valence-corrected chi connectivity index (χ3v) is 4.03. The molecule has 1 aromatic heterocycles. The number of anilines is 2. The van der Waals surface area contributed by atoms with Gasteiger partial charge in [-0.3, -0.25) is 4.57 Å². The summed E-state index contributed by atoms with van der Waals surface area (Å²) < 4.78 is 26.0. The molecule has 0 bridgehead atoms. The van der Waals surface area contributed by atoms with Crippen LogP contribution in [-0.2, 0) is 4.74 Å². The Labute approximate surface area is 156 Å². The molecule has 4 atom stereocenters. The highest BCUT2D eigenvalue weighted by Crippen LogP contribution is 2.40. The van der Waals surface area contributed by atoms with Crippen molar-refractivity contribution in [3.63, 3.8) is 0 Å². The maximum absolute atomic E-state index is 14.2. The molecule has 3 N–H and O–H groups in total. The van der Waals surface area contributed by atoms with Crippen molar-refractivity contribution in [3.8, 4) is 11.5 Å². The number of aromatic nitrogens is 2. The zero-order valence-electron chi connectivity index (χ0n) is 14.3. The Morgan fingerprint density at radius 3 is 2.67 bits per heavy atom. The van der Waals surface area contributed by atoms with Gasteiger partial charge in [0.1, 0.15) is 12.2 Å². The number of hydrogen-bond acceptors (Lipinski definition) is 7. The average molecular weight is 381 g/mol. The van der Waals surface area contributed by atoms with Crippen LogP contribution >= 0.6 is 0 Å². The van der Waals surface area contributed by atoms with Crippen LogP contribution in [0.4, 0.5) is 15.9 Å². The standard InChI is InChI=1S/C15H14FN3O5.C2H6.CH4/c16-11-12(21)10(6-20)24-14(11)19-5-9-13(18-15(19)22)17-7-3-1-2-4-8(7)23-9;1-2;/h1-5,10-12,14,20-21H,6H2,(H,17,18,22);1-2H3;1H4. The van der Waals surface area contributed by atoms with Crippen LogP contribution in [-0.4, -0.2) is 44.8 Å². The van der Waals surface area contributed by atoms with Crippen molar-refractivity contribution in [2.24, 2.45) is 0 Å². The van der Waals surface area contributed by atoms with Crippen LogP contribution in [0.2, 0.25) is 0 Å². The van der Waals surface area contributed by atoms with Gasteiger partial charge in [0.15, 0.2) is 29.7 Å². The second kappa shape index (κ2) is 8.47. The van der Waals surface area contributed by atoms with Gasteiger partial charge in [-0.05, 0) is 12.1 Å². The molecule has 8 nitrogen and oxygen atoms in total. The van der Waals surface area contributed by atoms with Gasteiger partial charge in [0, 0.05) is 0 Å². The number of fused-ring (bicyclic) bond motifs is 2. The van der Waals surface area contributed by atoms with Crippen LogP contribution in [0.1, 0.15) is 27.5 Å². The van der Waals surface area contributed by atoms with Crippen LogP contribution in [0.3, 0.4) is 0 Å². The molecule has 0 amide bonds. The zero-order chi connectivity index (χ0) is 18.8. The van der Waals surface area contributed by atoms with E-state index in [1.165, 1.54) is 6.20 Å². The van der Waals surface area contributed by atoms with Gasteiger partial charge in [-0.25, -0.2) is 9.18 Å². The number of ether oxygens (including phenoxy) is 2. The Bertz CT molecular complexity index is 844. The van der Waals surface area contributed by atoms with Gasteiger partial charge in [0.2, 0.25) is 0 Å². The smallest absolute Gasteiger partial charge is 0.352 e. The summed E-state index contributed by atoms with van der Waals surface area (Å²) in [4.78, 5) is 16.1. The van der Waals surface area contributed by atoms with Crippen LogP contribution in [0.15, 0.2) is 35.3 Å². The van der Waals surface area contributed by atoms with Crippen LogP contribution in [0, 0.1) is 0 Å². The number of rotatable bonds is 2. The van der Waals surface area contributed by atoms with Gasteiger partial charge in [-0.2, -0.15) is 4.98 Å². The highest BCUT2D eigenvalue weighted by Gasteiger charge is 2.45. The van der Waals surface area contributed by atoms with E-state index in [1.807, 2.05) is 13.8 Å². The highest BCUT2D eigenvalue weighted by molar-refractivity contribution is 5.72. The predicted molar refractivity (Wildman–Crippen MR) is 98.3 cm³/mol. The molecular formula is C18H24FN3O5.